The first-order valence-electron chi connectivity index (χ1n) is 7.17. The Hall–Kier alpha value is -1.85. The molecule has 0 fully saturated rings. The molecule has 2 rings (SSSR count). The van der Waals surface area contributed by atoms with Crippen LogP contribution < -0.4 is 0 Å². The van der Waals surface area contributed by atoms with Gasteiger partial charge in [-0.25, -0.2) is 0 Å². The number of fused-ring (bicyclic) bond motifs is 1. The number of hydrogen-bond donors (Lipinski definition) is 0. The molecule has 0 aliphatic carbocycles. The second-order valence-corrected chi connectivity index (χ2v) is 5.57. The van der Waals surface area contributed by atoms with Gasteiger partial charge in [-0.05, 0) is 27.7 Å². The second kappa shape index (κ2) is 6.54. The maximum Gasteiger partial charge on any atom is 0.0609 e. The Balaban J connectivity index is 2.23. The smallest absolute Gasteiger partial charge is 0.0609 e. The van der Waals surface area contributed by atoms with Crippen molar-refractivity contribution in [2.45, 2.75) is 39.8 Å². The molecule has 0 unspecified atom stereocenters. The number of aromatic nitrogens is 1. The number of nitrogens with zero attached hydrogens (tertiary/aromatic N) is 2. The number of benzene rings is 1. The van der Waals surface area contributed by atoms with Crippen LogP contribution in [-0.2, 0) is 0 Å². The van der Waals surface area contributed by atoms with Gasteiger partial charge in [0.15, 0.2) is 0 Å². The van der Waals surface area contributed by atoms with Crippen molar-refractivity contribution < 1.29 is 0 Å². The molecule has 0 saturated heterocycles. The summed E-state index contributed by atoms with van der Waals surface area (Å²) in [6.07, 6.45) is 3.74. The van der Waals surface area contributed by atoms with E-state index in [9.17, 15) is 0 Å². The third kappa shape index (κ3) is 3.37. The molecule has 1 heterocycles. The average molecular weight is 266 g/mol. The van der Waals surface area contributed by atoms with Crippen molar-refractivity contribution in [2.75, 3.05) is 6.54 Å². The van der Waals surface area contributed by atoms with Gasteiger partial charge < -0.3 is 0 Å². The Morgan fingerprint density at radius 3 is 2.45 bits per heavy atom. The van der Waals surface area contributed by atoms with E-state index in [1.165, 1.54) is 5.39 Å². The lowest BCUT2D eigenvalue weighted by atomic mass is 10.1. The minimum absolute atomic E-state index is 0.509. The van der Waals surface area contributed by atoms with Crippen molar-refractivity contribution in [2.24, 2.45) is 0 Å². The fraction of sp³-hybridized carbons (Fsp3) is 0.389. The highest BCUT2D eigenvalue weighted by molar-refractivity contribution is 5.87. The maximum absolute atomic E-state index is 4.26. The summed E-state index contributed by atoms with van der Waals surface area (Å²) >= 11 is 0. The zero-order valence-electron chi connectivity index (χ0n) is 12.7. The monoisotopic (exact) mass is 266 g/mol. The van der Waals surface area contributed by atoms with Gasteiger partial charge in [-0.15, -0.1) is 0 Å². The number of pyridine rings is 1. The minimum Gasteiger partial charge on any atom is -0.287 e. The zero-order valence-corrected chi connectivity index (χ0v) is 12.7. The lowest BCUT2D eigenvalue weighted by Gasteiger charge is -2.28. The minimum atomic E-state index is 0.509. The Labute approximate surface area is 121 Å². The van der Waals surface area contributed by atoms with Crippen molar-refractivity contribution in [1.29, 1.82) is 0 Å². The van der Waals surface area contributed by atoms with Crippen LogP contribution in [0.1, 0.15) is 33.3 Å². The van der Waals surface area contributed by atoms with Crippen LogP contribution in [0.5, 0.6) is 0 Å². The van der Waals surface area contributed by atoms with Crippen molar-refractivity contribution >= 4 is 10.8 Å². The predicted molar refractivity (Wildman–Crippen MR) is 85.6 cm³/mol. The van der Waals surface area contributed by atoms with E-state index in [1.54, 1.807) is 0 Å². The SMILES string of the molecule is CC(C)N(CC#Cc1cncc2ccccc12)C(C)C. The third-order valence-corrected chi connectivity index (χ3v) is 3.48. The highest BCUT2D eigenvalue weighted by Gasteiger charge is 2.10. The molecular weight excluding hydrogens is 244 g/mol. The number of rotatable bonds is 3. The molecule has 0 saturated carbocycles. The molecule has 1 aromatic heterocycles. The average Bonchev–Trinajstić information content (AvgIpc) is 2.42. The molecule has 0 radical (unpaired) electrons. The fourth-order valence-electron chi connectivity index (χ4n) is 2.40. The number of hydrogen-bond acceptors (Lipinski definition) is 2. The van der Waals surface area contributed by atoms with Gasteiger partial charge in [-0.2, -0.15) is 0 Å². The third-order valence-electron chi connectivity index (χ3n) is 3.48. The van der Waals surface area contributed by atoms with Gasteiger partial charge in [0.25, 0.3) is 0 Å². The van der Waals surface area contributed by atoms with Gasteiger partial charge in [0.05, 0.1) is 12.1 Å². The highest BCUT2D eigenvalue weighted by Crippen LogP contribution is 2.15. The summed E-state index contributed by atoms with van der Waals surface area (Å²) in [6.45, 7) is 9.63. The molecule has 2 nitrogen and oxygen atoms in total. The van der Waals surface area contributed by atoms with E-state index in [0.717, 1.165) is 17.5 Å². The Morgan fingerprint density at radius 2 is 1.75 bits per heavy atom. The quantitative estimate of drug-likeness (QED) is 0.787. The first-order chi connectivity index (χ1) is 9.59. The van der Waals surface area contributed by atoms with Crippen LogP contribution in [0.15, 0.2) is 36.7 Å². The van der Waals surface area contributed by atoms with E-state index < -0.39 is 0 Å². The van der Waals surface area contributed by atoms with Crippen molar-refractivity contribution in [1.82, 2.24) is 9.88 Å². The van der Waals surface area contributed by atoms with Crippen LogP contribution >= 0.6 is 0 Å². The standard InChI is InChI=1S/C18H22N2/c1-14(2)20(15(3)4)11-7-9-17-13-19-12-16-8-5-6-10-18(16)17/h5-6,8,10,12-15H,11H2,1-4H3. The maximum atomic E-state index is 4.26. The van der Waals surface area contributed by atoms with Crippen LogP contribution in [0.3, 0.4) is 0 Å². The molecule has 0 atom stereocenters. The van der Waals surface area contributed by atoms with Crippen molar-refractivity contribution in [3.8, 4) is 11.8 Å². The summed E-state index contributed by atoms with van der Waals surface area (Å²) in [7, 11) is 0. The summed E-state index contributed by atoms with van der Waals surface area (Å²) in [4.78, 5) is 6.65. The molecule has 0 spiro atoms. The fourth-order valence-corrected chi connectivity index (χ4v) is 2.40. The van der Waals surface area contributed by atoms with E-state index in [-0.39, 0.29) is 0 Å². The van der Waals surface area contributed by atoms with Gasteiger partial charge in [-0.1, -0.05) is 36.1 Å². The van der Waals surface area contributed by atoms with Crippen LogP contribution in [-0.4, -0.2) is 28.5 Å². The summed E-state index contributed by atoms with van der Waals surface area (Å²) in [5.74, 6) is 6.57. The first-order valence-corrected chi connectivity index (χ1v) is 7.17. The van der Waals surface area contributed by atoms with E-state index in [2.05, 4.69) is 61.6 Å². The Morgan fingerprint density at radius 1 is 1.05 bits per heavy atom. The lowest BCUT2D eigenvalue weighted by molar-refractivity contribution is 0.200. The summed E-state index contributed by atoms with van der Waals surface area (Å²) in [6, 6.07) is 9.26. The second-order valence-electron chi connectivity index (χ2n) is 5.57. The van der Waals surface area contributed by atoms with Crippen LogP contribution in [0, 0.1) is 11.8 Å². The van der Waals surface area contributed by atoms with E-state index in [0.29, 0.717) is 12.1 Å². The van der Waals surface area contributed by atoms with Crippen molar-refractivity contribution in [3.63, 3.8) is 0 Å². The molecule has 2 aromatic rings. The largest absolute Gasteiger partial charge is 0.287 e. The Bertz CT molecular complexity index is 619. The van der Waals surface area contributed by atoms with Gasteiger partial charge in [0, 0.05) is 35.2 Å². The molecule has 0 amide bonds. The van der Waals surface area contributed by atoms with Crippen LogP contribution in [0.2, 0.25) is 0 Å². The molecule has 0 bridgehead atoms. The normalized spacial score (nSPS) is 11.2. The van der Waals surface area contributed by atoms with E-state index >= 15 is 0 Å². The van der Waals surface area contributed by atoms with E-state index in [1.807, 2.05) is 24.5 Å². The van der Waals surface area contributed by atoms with Gasteiger partial charge in [-0.3, -0.25) is 9.88 Å². The first kappa shape index (κ1) is 14.6. The molecule has 0 N–H and O–H groups in total. The van der Waals surface area contributed by atoms with Crippen molar-refractivity contribution in [3.05, 3.63) is 42.2 Å². The van der Waals surface area contributed by atoms with Crippen LogP contribution in [0.4, 0.5) is 0 Å². The van der Waals surface area contributed by atoms with Gasteiger partial charge in [0.1, 0.15) is 0 Å². The summed E-state index contributed by atoms with van der Waals surface area (Å²) in [5.41, 5.74) is 1.01. The van der Waals surface area contributed by atoms with Crippen LogP contribution in [0.25, 0.3) is 10.8 Å². The zero-order chi connectivity index (χ0) is 14.5. The topological polar surface area (TPSA) is 16.1 Å². The summed E-state index contributed by atoms with van der Waals surface area (Å²) < 4.78 is 0. The lowest BCUT2D eigenvalue weighted by Crippen LogP contribution is -2.37. The molecule has 104 valence electrons. The predicted octanol–water partition coefficient (Wildman–Crippen LogP) is 3.71. The summed E-state index contributed by atoms with van der Waals surface area (Å²) in [5, 5.41) is 2.32. The molecule has 2 heteroatoms. The molecule has 0 aliphatic heterocycles. The van der Waals surface area contributed by atoms with Gasteiger partial charge >= 0.3 is 0 Å². The Kier molecular flexibility index (Phi) is 4.76. The molecule has 20 heavy (non-hydrogen) atoms. The van der Waals surface area contributed by atoms with Gasteiger partial charge in [0.2, 0.25) is 0 Å². The molecular formula is C18H22N2. The van der Waals surface area contributed by atoms with E-state index in [4.69, 9.17) is 0 Å². The molecule has 1 aromatic carbocycles. The molecule has 0 aliphatic rings. The highest BCUT2D eigenvalue weighted by atomic mass is 15.2.